The number of nitrogens with zero attached hydrogens (tertiary/aromatic N) is 3. The quantitative estimate of drug-likeness (QED) is 0.246. The van der Waals surface area contributed by atoms with Gasteiger partial charge < -0.3 is 20.0 Å². The van der Waals surface area contributed by atoms with E-state index in [9.17, 15) is 4.79 Å². The largest absolute Gasteiger partial charge is 0.469 e. The van der Waals surface area contributed by atoms with Crippen LogP contribution in [0.25, 0.3) is 0 Å². The molecule has 1 aliphatic rings. The number of nitrogens with one attached hydrogen (secondary N) is 2. The zero-order valence-corrected chi connectivity index (χ0v) is 19.6. The van der Waals surface area contributed by atoms with Gasteiger partial charge in [0.1, 0.15) is 5.76 Å². The molecule has 1 amide bonds. The molecule has 158 valence electrons. The summed E-state index contributed by atoms with van der Waals surface area (Å²) in [4.78, 5) is 21.1. The lowest BCUT2D eigenvalue weighted by Crippen LogP contribution is -2.54. The van der Waals surface area contributed by atoms with Crippen LogP contribution in [0.4, 0.5) is 0 Å². The Bertz CT molecular complexity index is 623. The first-order valence-corrected chi connectivity index (χ1v) is 9.66. The molecule has 0 bridgehead atoms. The first-order chi connectivity index (χ1) is 12.9. The van der Waals surface area contributed by atoms with Gasteiger partial charge in [-0.1, -0.05) is 12.2 Å². The summed E-state index contributed by atoms with van der Waals surface area (Å²) in [5.74, 6) is 1.95. The first-order valence-electron chi connectivity index (χ1n) is 9.66. The smallest absolute Gasteiger partial charge is 0.234 e. The van der Waals surface area contributed by atoms with Crippen LogP contribution in [0.15, 0.2) is 40.0 Å². The fourth-order valence-electron chi connectivity index (χ4n) is 2.92. The summed E-state index contributed by atoms with van der Waals surface area (Å²) in [5, 5.41) is 6.39. The molecule has 1 aromatic heterocycles. The maximum Gasteiger partial charge on any atom is 0.234 e. The van der Waals surface area contributed by atoms with Gasteiger partial charge >= 0.3 is 0 Å². The Morgan fingerprint density at radius 1 is 1.32 bits per heavy atom. The molecule has 0 aliphatic carbocycles. The lowest BCUT2D eigenvalue weighted by atomic mass is 10.3. The topological polar surface area (TPSA) is 73.1 Å². The minimum Gasteiger partial charge on any atom is -0.469 e. The molecule has 2 N–H and O–H groups in total. The summed E-state index contributed by atoms with van der Waals surface area (Å²) in [6, 6.07) is 4.06. The molecule has 1 aromatic rings. The van der Waals surface area contributed by atoms with Crippen LogP contribution in [-0.4, -0.2) is 73.5 Å². The maximum atomic E-state index is 11.9. The summed E-state index contributed by atoms with van der Waals surface area (Å²) < 4.78 is 5.39. The second kappa shape index (κ2) is 12.8. The third kappa shape index (κ3) is 9.09. The number of carbonyl (C=O) groups is 1. The monoisotopic (exact) mass is 503 g/mol. The number of guanidine groups is 1. The predicted molar refractivity (Wildman–Crippen MR) is 124 cm³/mol. The standard InChI is InChI=1S/C20H33N5O2.HI/c1-16(2)14-22-20(21-8-7-18-6-5-13-27-18)25-11-9-24(10-12-25)15-19(26)23-17(3)4;/h5-6,13,17H,1,7-12,14-15H2,2-4H3,(H,21,22)(H,23,26);1H. The second-order valence-electron chi connectivity index (χ2n) is 7.34. The highest BCUT2D eigenvalue weighted by Crippen LogP contribution is 2.04. The van der Waals surface area contributed by atoms with Crippen molar-refractivity contribution >= 4 is 35.8 Å². The van der Waals surface area contributed by atoms with E-state index in [1.807, 2.05) is 32.9 Å². The number of furan rings is 1. The summed E-state index contributed by atoms with van der Waals surface area (Å²) in [6.07, 6.45) is 2.51. The van der Waals surface area contributed by atoms with E-state index in [1.54, 1.807) is 6.26 Å². The van der Waals surface area contributed by atoms with E-state index in [0.29, 0.717) is 13.1 Å². The van der Waals surface area contributed by atoms with Crippen LogP contribution in [0.5, 0.6) is 0 Å². The van der Waals surface area contributed by atoms with Crippen LogP contribution in [0, 0.1) is 0 Å². The van der Waals surface area contributed by atoms with Crippen molar-refractivity contribution in [2.45, 2.75) is 33.2 Å². The number of piperazine rings is 1. The van der Waals surface area contributed by atoms with Gasteiger partial charge in [-0.05, 0) is 32.9 Å². The van der Waals surface area contributed by atoms with Gasteiger partial charge in [0, 0.05) is 45.2 Å². The summed E-state index contributed by atoms with van der Waals surface area (Å²) >= 11 is 0. The molecule has 1 saturated heterocycles. The average molecular weight is 503 g/mol. The molecular formula is C20H34IN5O2. The van der Waals surface area contributed by atoms with E-state index < -0.39 is 0 Å². The zero-order valence-electron chi connectivity index (χ0n) is 17.2. The molecule has 1 fully saturated rings. The zero-order chi connectivity index (χ0) is 19.6. The van der Waals surface area contributed by atoms with Crippen molar-refractivity contribution in [3.63, 3.8) is 0 Å². The van der Waals surface area contributed by atoms with Gasteiger partial charge in [-0.25, -0.2) is 4.99 Å². The van der Waals surface area contributed by atoms with Crippen LogP contribution >= 0.6 is 24.0 Å². The first kappa shape index (κ1) is 24.5. The van der Waals surface area contributed by atoms with Crippen molar-refractivity contribution in [2.24, 2.45) is 4.99 Å². The molecule has 0 saturated carbocycles. The maximum absolute atomic E-state index is 11.9. The molecule has 0 atom stereocenters. The molecule has 0 unspecified atom stereocenters. The van der Waals surface area contributed by atoms with Crippen molar-refractivity contribution in [2.75, 3.05) is 45.8 Å². The Morgan fingerprint density at radius 3 is 2.61 bits per heavy atom. The Balaban J connectivity index is 0.00000392. The Kier molecular flexibility index (Phi) is 11.2. The van der Waals surface area contributed by atoms with Gasteiger partial charge in [0.05, 0.1) is 19.4 Å². The number of rotatable bonds is 8. The third-order valence-corrected chi connectivity index (χ3v) is 4.22. The predicted octanol–water partition coefficient (Wildman–Crippen LogP) is 2.10. The van der Waals surface area contributed by atoms with E-state index in [0.717, 1.165) is 56.4 Å². The van der Waals surface area contributed by atoms with E-state index in [1.165, 1.54) is 0 Å². The number of hydrogen-bond acceptors (Lipinski definition) is 4. The molecule has 0 spiro atoms. The SMILES string of the molecule is C=C(C)CN=C(NCCc1ccco1)N1CCN(CC(=O)NC(C)C)CC1.I. The molecule has 28 heavy (non-hydrogen) atoms. The van der Waals surface area contributed by atoms with Gasteiger partial charge in [0.15, 0.2) is 5.96 Å². The summed E-state index contributed by atoms with van der Waals surface area (Å²) in [6.45, 7) is 15.1. The van der Waals surface area contributed by atoms with Crippen LogP contribution in [0.1, 0.15) is 26.5 Å². The minimum absolute atomic E-state index is 0. The Hall–Kier alpha value is -1.55. The molecule has 2 heterocycles. The molecule has 8 heteroatoms. The van der Waals surface area contributed by atoms with Crippen molar-refractivity contribution < 1.29 is 9.21 Å². The fraction of sp³-hybridized carbons (Fsp3) is 0.600. The van der Waals surface area contributed by atoms with E-state index in [2.05, 4.69) is 27.0 Å². The number of carbonyl (C=O) groups excluding carboxylic acids is 1. The van der Waals surface area contributed by atoms with Crippen LogP contribution in [0.3, 0.4) is 0 Å². The lowest BCUT2D eigenvalue weighted by Gasteiger charge is -2.36. The molecule has 1 aliphatic heterocycles. The molecule has 2 rings (SSSR count). The lowest BCUT2D eigenvalue weighted by molar-refractivity contribution is -0.123. The highest BCUT2D eigenvalue weighted by Gasteiger charge is 2.21. The molecular weight excluding hydrogens is 469 g/mol. The summed E-state index contributed by atoms with van der Waals surface area (Å²) in [7, 11) is 0. The number of aliphatic imine (C=N–C) groups is 1. The van der Waals surface area contributed by atoms with Crippen LogP contribution in [0.2, 0.25) is 0 Å². The van der Waals surface area contributed by atoms with Crippen molar-refractivity contribution in [3.8, 4) is 0 Å². The normalized spacial score (nSPS) is 15.3. The number of halogens is 1. The van der Waals surface area contributed by atoms with Crippen LogP contribution in [-0.2, 0) is 11.2 Å². The van der Waals surface area contributed by atoms with E-state index >= 15 is 0 Å². The second-order valence-corrected chi connectivity index (χ2v) is 7.34. The third-order valence-electron chi connectivity index (χ3n) is 4.22. The van der Waals surface area contributed by atoms with E-state index in [-0.39, 0.29) is 35.9 Å². The van der Waals surface area contributed by atoms with Gasteiger partial charge in [-0.2, -0.15) is 0 Å². The number of hydrogen-bond donors (Lipinski definition) is 2. The van der Waals surface area contributed by atoms with Gasteiger partial charge in [0.2, 0.25) is 5.91 Å². The highest BCUT2D eigenvalue weighted by molar-refractivity contribution is 14.0. The molecule has 0 radical (unpaired) electrons. The van der Waals surface area contributed by atoms with Crippen molar-refractivity contribution in [3.05, 3.63) is 36.3 Å². The highest BCUT2D eigenvalue weighted by atomic mass is 127. The minimum atomic E-state index is 0. The van der Waals surface area contributed by atoms with Gasteiger partial charge in [-0.15, -0.1) is 24.0 Å². The molecule has 7 nitrogen and oxygen atoms in total. The molecule has 0 aromatic carbocycles. The van der Waals surface area contributed by atoms with E-state index in [4.69, 9.17) is 9.41 Å². The van der Waals surface area contributed by atoms with Crippen molar-refractivity contribution in [1.82, 2.24) is 20.4 Å². The Labute approximate surface area is 185 Å². The fourth-order valence-corrected chi connectivity index (χ4v) is 2.92. The van der Waals surface area contributed by atoms with Crippen LogP contribution < -0.4 is 10.6 Å². The number of amides is 1. The van der Waals surface area contributed by atoms with Crippen molar-refractivity contribution in [1.29, 1.82) is 0 Å². The average Bonchev–Trinajstić information content (AvgIpc) is 3.11. The van der Waals surface area contributed by atoms with Gasteiger partial charge in [0.25, 0.3) is 0 Å². The summed E-state index contributed by atoms with van der Waals surface area (Å²) in [5.41, 5.74) is 1.03. The van der Waals surface area contributed by atoms with Gasteiger partial charge in [-0.3, -0.25) is 9.69 Å². The Morgan fingerprint density at radius 2 is 2.04 bits per heavy atom.